The van der Waals surface area contributed by atoms with Gasteiger partial charge in [-0.3, -0.25) is 14.2 Å². The minimum Gasteiger partial charge on any atom is -0.309 e. The van der Waals surface area contributed by atoms with Crippen LogP contribution in [0.25, 0.3) is 0 Å². The Bertz CT molecular complexity index is 1030. The average molecular weight is 417 g/mol. The molecule has 6 nitrogen and oxygen atoms in total. The molecule has 1 aliphatic rings. The van der Waals surface area contributed by atoms with E-state index in [0.29, 0.717) is 18.1 Å². The summed E-state index contributed by atoms with van der Waals surface area (Å²) in [6, 6.07) is 10.9. The fourth-order valence-electron chi connectivity index (χ4n) is 3.27. The highest BCUT2D eigenvalue weighted by atomic mass is 19.4. The zero-order valence-electron chi connectivity index (χ0n) is 16.5. The molecular weight excluding hydrogens is 395 g/mol. The van der Waals surface area contributed by atoms with Gasteiger partial charge < -0.3 is 5.32 Å². The molecule has 30 heavy (non-hydrogen) atoms. The van der Waals surface area contributed by atoms with Crippen LogP contribution in [0.2, 0.25) is 0 Å². The molecule has 158 valence electrons. The van der Waals surface area contributed by atoms with Crippen molar-refractivity contribution < 1.29 is 18.0 Å². The molecule has 1 amide bonds. The third kappa shape index (κ3) is 4.90. The van der Waals surface area contributed by atoms with Gasteiger partial charge in [0, 0.05) is 36.8 Å². The van der Waals surface area contributed by atoms with Crippen LogP contribution in [0.5, 0.6) is 0 Å². The number of benzene rings is 1. The van der Waals surface area contributed by atoms with Crippen LogP contribution in [0, 0.1) is 6.92 Å². The second kappa shape index (κ2) is 7.97. The highest BCUT2D eigenvalue weighted by Gasteiger charge is 2.37. The molecule has 9 heteroatoms. The Labute approximate surface area is 171 Å². The van der Waals surface area contributed by atoms with Crippen molar-refractivity contribution >= 4 is 11.7 Å². The number of aromatic nitrogens is 4. The highest BCUT2D eigenvalue weighted by Crippen LogP contribution is 2.42. The van der Waals surface area contributed by atoms with E-state index in [4.69, 9.17) is 0 Å². The Morgan fingerprint density at radius 1 is 1.17 bits per heavy atom. The van der Waals surface area contributed by atoms with Crippen molar-refractivity contribution in [1.82, 2.24) is 19.6 Å². The van der Waals surface area contributed by atoms with Crippen LogP contribution >= 0.6 is 0 Å². The second-order valence-corrected chi connectivity index (χ2v) is 7.63. The Hall–Kier alpha value is -3.10. The summed E-state index contributed by atoms with van der Waals surface area (Å²) in [6.07, 6.45) is -0.990. The summed E-state index contributed by atoms with van der Waals surface area (Å²) in [5.41, 5.74) is 1.92. The maximum absolute atomic E-state index is 13.0. The van der Waals surface area contributed by atoms with Gasteiger partial charge in [-0.15, -0.1) is 0 Å². The maximum Gasteiger partial charge on any atom is 0.435 e. The summed E-state index contributed by atoms with van der Waals surface area (Å²) in [5.74, 6) is 0.196. The number of hydrogen-bond donors (Lipinski definition) is 1. The Morgan fingerprint density at radius 2 is 1.90 bits per heavy atom. The van der Waals surface area contributed by atoms with Crippen LogP contribution in [0.15, 0.2) is 42.6 Å². The zero-order valence-corrected chi connectivity index (χ0v) is 16.5. The lowest BCUT2D eigenvalue weighted by Gasteiger charge is -2.07. The predicted molar refractivity (Wildman–Crippen MR) is 105 cm³/mol. The summed E-state index contributed by atoms with van der Waals surface area (Å²) in [7, 11) is 0. The molecule has 0 aliphatic heterocycles. The molecule has 1 saturated carbocycles. The zero-order chi connectivity index (χ0) is 21.3. The number of nitrogens with zero attached hydrogens (tertiary/aromatic N) is 4. The van der Waals surface area contributed by atoms with E-state index in [9.17, 15) is 18.0 Å². The lowest BCUT2D eigenvalue weighted by atomic mass is 10.1. The van der Waals surface area contributed by atoms with Crippen molar-refractivity contribution in [2.24, 2.45) is 0 Å². The number of aryl methyl sites for hydroxylation is 2. The Kier molecular flexibility index (Phi) is 5.36. The van der Waals surface area contributed by atoms with Gasteiger partial charge in [-0.1, -0.05) is 29.8 Å². The largest absolute Gasteiger partial charge is 0.435 e. The molecule has 3 aromatic rings. The van der Waals surface area contributed by atoms with Gasteiger partial charge in [0.15, 0.2) is 11.5 Å². The molecule has 1 N–H and O–H groups in total. The van der Waals surface area contributed by atoms with Crippen molar-refractivity contribution in [2.75, 3.05) is 5.32 Å². The topological polar surface area (TPSA) is 64.7 Å². The van der Waals surface area contributed by atoms with Crippen LogP contribution in [0.3, 0.4) is 0 Å². The van der Waals surface area contributed by atoms with Crippen molar-refractivity contribution in [1.29, 1.82) is 0 Å². The van der Waals surface area contributed by atoms with Gasteiger partial charge in [0.05, 0.1) is 6.54 Å². The minimum atomic E-state index is -4.48. The van der Waals surface area contributed by atoms with Gasteiger partial charge in [0.1, 0.15) is 0 Å². The summed E-state index contributed by atoms with van der Waals surface area (Å²) >= 11 is 0. The van der Waals surface area contributed by atoms with Gasteiger partial charge in [-0.2, -0.15) is 23.4 Å². The van der Waals surface area contributed by atoms with Crippen molar-refractivity contribution in [3.8, 4) is 0 Å². The van der Waals surface area contributed by atoms with E-state index in [1.807, 2.05) is 31.2 Å². The molecule has 4 rings (SSSR count). The van der Waals surface area contributed by atoms with Crippen LogP contribution in [0.4, 0.5) is 19.0 Å². The maximum atomic E-state index is 13.0. The number of halogens is 3. The lowest BCUT2D eigenvalue weighted by Crippen LogP contribution is -2.17. The number of anilines is 1. The first-order valence-corrected chi connectivity index (χ1v) is 9.82. The molecule has 0 unspecified atom stereocenters. The summed E-state index contributed by atoms with van der Waals surface area (Å²) < 4.78 is 41.9. The molecule has 1 fully saturated rings. The standard InChI is InChI=1S/C21H22F3N5O/c1-14-2-4-15(5-3-14)13-28-10-8-19(27-28)25-20(30)9-11-29-17(16-6-7-16)12-18(26-29)21(22,23)24/h2-5,8,10,12,16H,6-7,9,11,13H2,1H3,(H,25,27,30). The van der Waals surface area contributed by atoms with Crippen LogP contribution in [-0.2, 0) is 24.1 Å². The molecule has 2 aromatic heterocycles. The van der Waals surface area contributed by atoms with Gasteiger partial charge >= 0.3 is 6.18 Å². The Balaban J connectivity index is 1.34. The van der Waals surface area contributed by atoms with Gasteiger partial charge in [0.2, 0.25) is 5.91 Å². The predicted octanol–water partition coefficient (Wildman–Crippen LogP) is 4.36. The van der Waals surface area contributed by atoms with Crippen LogP contribution in [0.1, 0.15) is 47.7 Å². The van der Waals surface area contributed by atoms with Crippen LogP contribution in [-0.4, -0.2) is 25.5 Å². The molecule has 0 radical (unpaired) electrons. The number of amides is 1. The van der Waals surface area contributed by atoms with E-state index in [0.717, 1.165) is 24.5 Å². The van der Waals surface area contributed by atoms with Crippen molar-refractivity contribution in [3.05, 3.63) is 65.1 Å². The molecular formula is C21H22F3N5O. The van der Waals surface area contributed by atoms with E-state index >= 15 is 0 Å². The monoisotopic (exact) mass is 417 g/mol. The lowest BCUT2D eigenvalue weighted by molar-refractivity contribution is -0.141. The normalized spacial score (nSPS) is 14.1. The molecule has 1 aromatic carbocycles. The molecule has 0 bridgehead atoms. The first-order valence-electron chi connectivity index (χ1n) is 9.82. The highest BCUT2D eigenvalue weighted by molar-refractivity contribution is 5.89. The smallest absolute Gasteiger partial charge is 0.309 e. The molecule has 0 spiro atoms. The summed E-state index contributed by atoms with van der Waals surface area (Å²) in [6.45, 7) is 2.69. The molecule has 1 aliphatic carbocycles. The van der Waals surface area contributed by atoms with E-state index in [2.05, 4.69) is 15.5 Å². The fraction of sp³-hybridized carbons (Fsp3) is 0.381. The number of carbonyl (C=O) groups excluding carboxylic acids is 1. The van der Waals surface area contributed by atoms with E-state index in [1.165, 1.54) is 10.2 Å². The third-order valence-corrected chi connectivity index (χ3v) is 5.02. The van der Waals surface area contributed by atoms with Gasteiger partial charge in [-0.25, -0.2) is 0 Å². The van der Waals surface area contributed by atoms with Gasteiger partial charge in [0.25, 0.3) is 0 Å². The van der Waals surface area contributed by atoms with E-state index in [1.54, 1.807) is 16.9 Å². The second-order valence-electron chi connectivity index (χ2n) is 7.63. The van der Waals surface area contributed by atoms with Gasteiger partial charge in [-0.05, 0) is 31.4 Å². The quantitative estimate of drug-likeness (QED) is 0.621. The minimum absolute atomic E-state index is 0.0174. The molecule has 2 heterocycles. The number of carbonyl (C=O) groups is 1. The van der Waals surface area contributed by atoms with E-state index < -0.39 is 11.9 Å². The van der Waals surface area contributed by atoms with Crippen molar-refractivity contribution in [3.63, 3.8) is 0 Å². The third-order valence-electron chi connectivity index (χ3n) is 5.02. The summed E-state index contributed by atoms with van der Waals surface area (Å²) in [4.78, 5) is 12.3. The average Bonchev–Trinajstić information content (AvgIpc) is 3.28. The summed E-state index contributed by atoms with van der Waals surface area (Å²) in [5, 5.41) is 10.7. The number of nitrogens with one attached hydrogen (secondary N) is 1. The number of rotatable bonds is 7. The number of alkyl halides is 3. The number of hydrogen-bond acceptors (Lipinski definition) is 3. The molecule has 0 atom stereocenters. The van der Waals surface area contributed by atoms with Crippen molar-refractivity contribution in [2.45, 2.75) is 51.4 Å². The molecule has 0 saturated heterocycles. The van der Waals surface area contributed by atoms with Crippen LogP contribution < -0.4 is 5.32 Å². The SMILES string of the molecule is Cc1ccc(Cn2ccc(NC(=O)CCn3nc(C(F)(F)F)cc3C3CC3)n2)cc1. The fourth-order valence-corrected chi connectivity index (χ4v) is 3.27. The first kappa shape index (κ1) is 20.2. The van der Waals surface area contributed by atoms with E-state index in [-0.39, 0.29) is 24.8 Å². The first-order chi connectivity index (χ1) is 14.3. The Morgan fingerprint density at radius 3 is 2.57 bits per heavy atom.